The summed E-state index contributed by atoms with van der Waals surface area (Å²) in [6, 6.07) is 8.28. The first-order chi connectivity index (χ1) is 8.66. The SMILES string of the molecule is CC(NCc1ccc(I)cc1)C(=O)N1CCCC1. The van der Waals surface area contributed by atoms with Crippen molar-refractivity contribution in [3.63, 3.8) is 0 Å². The fourth-order valence-electron chi connectivity index (χ4n) is 2.17. The van der Waals surface area contributed by atoms with E-state index in [1.54, 1.807) is 0 Å². The van der Waals surface area contributed by atoms with Crippen molar-refractivity contribution >= 4 is 28.5 Å². The van der Waals surface area contributed by atoms with Crippen molar-refractivity contribution in [3.05, 3.63) is 33.4 Å². The van der Waals surface area contributed by atoms with Crippen LogP contribution in [0, 0.1) is 3.57 Å². The molecule has 1 N–H and O–H groups in total. The Labute approximate surface area is 122 Å². The molecule has 1 aliphatic heterocycles. The Balaban J connectivity index is 1.82. The third-order valence-electron chi connectivity index (χ3n) is 3.31. The summed E-state index contributed by atoms with van der Waals surface area (Å²) < 4.78 is 1.23. The van der Waals surface area contributed by atoms with Gasteiger partial charge in [-0.1, -0.05) is 12.1 Å². The van der Waals surface area contributed by atoms with Gasteiger partial charge >= 0.3 is 0 Å². The van der Waals surface area contributed by atoms with E-state index in [2.05, 4.69) is 52.2 Å². The van der Waals surface area contributed by atoms with Crippen LogP contribution in [0.25, 0.3) is 0 Å². The molecule has 4 heteroatoms. The number of likely N-dealkylation sites (tertiary alicyclic amines) is 1. The first kappa shape index (κ1) is 13.8. The summed E-state index contributed by atoms with van der Waals surface area (Å²) >= 11 is 2.29. The van der Waals surface area contributed by atoms with Crippen LogP contribution in [0.15, 0.2) is 24.3 Å². The lowest BCUT2D eigenvalue weighted by Crippen LogP contribution is -2.43. The van der Waals surface area contributed by atoms with Crippen molar-refractivity contribution in [3.8, 4) is 0 Å². The molecule has 1 aromatic rings. The first-order valence-electron chi connectivity index (χ1n) is 6.43. The lowest BCUT2D eigenvalue weighted by atomic mass is 10.2. The Bertz CT molecular complexity index is 399. The molecule has 0 aliphatic carbocycles. The van der Waals surface area contributed by atoms with Gasteiger partial charge in [-0.25, -0.2) is 0 Å². The third-order valence-corrected chi connectivity index (χ3v) is 4.03. The second kappa shape index (κ2) is 6.52. The molecule has 0 aromatic heterocycles. The Morgan fingerprint density at radius 1 is 1.33 bits per heavy atom. The topological polar surface area (TPSA) is 32.3 Å². The van der Waals surface area contributed by atoms with Gasteiger partial charge in [-0.2, -0.15) is 0 Å². The van der Waals surface area contributed by atoms with Crippen LogP contribution in [0.3, 0.4) is 0 Å². The van der Waals surface area contributed by atoms with Gasteiger partial charge in [-0.3, -0.25) is 4.79 Å². The summed E-state index contributed by atoms with van der Waals surface area (Å²) in [4.78, 5) is 14.0. The minimum Gasteiger partial charge on any atom is -0.341 e. The molecule has 1 amide bonds. The first-order valence-corrected chi connectivity index (χ1v) is 7.51. The molecule has 98 valence electrons. The molecule has 0 bridgehead atoms. The standard InChI is InChI=1S/C14H19IN2O/c1-11(14(18)17-8-2-3-9-17)16-10-12-4-6-13(15)7-5-12/h4-7,11,16H,2-3,8-10H2,1H3. The van der Waals surface area contributed by atoms with Crippen LogP contribution in [0.1, 0.15) is 25.3 Å². The molecule has 1 unspecified atom stereocenters. The van der Waals surface area contributed by atoms with Crippen LogP contribution < -0.4 is 5.32 Å². The number of nitrogens with zero attached hydrogens (tertiary/aromatic N) is 1. The zero-order chi connectivity index (χ0) is 13.0. The van der Waals surface area contributed by atoms with Gasteiger partial charge in [0.15, 0.2) is 0 Å². The minimum atomic E-state index is -0.0950. The average Bonchev–Trinajstić information content (AvgIpc) is 2.90. The van der Waals surface area contributed by atoms with Gasteiger partial charge in [-0.05, 0) is 60.1 Å². The molecule has 2 rings (SSSR count). The average molecular weight is 358 g/mol. The summed E-state index contributed by atoms with van der Waals surface area (Å²) in [6.45, 7) is 4.55. The quantitative estimate of drug-likeness (QED) is 0.839. The summed E-state index contributed by atoms with van der Waals surface area (Å²) in [6.07, 6.45) is 2.30. The minimum absolute atomic E-state index is 0.0950. The van der Waals surface area contributed by atoms with E-state index in [9.17, 15) is 4.79 Å². The Morgan fingerprint density at radius 2 is 1.94 bits per heavy atom. The number of amides is 1. The predicted octanol–water partition coefficient (Wildman–Crippen LogP) is 2.39. The van der Waals surface area contributed by atoms with Gasteiger partial charge in [0, 0.05) is 23.2 Å². The van der Waals surface area contributed by atoms with Gasteiger partial charge in [0.1, 0.15) is 0 Å². The largest absolute Gasteiger partial charge is 0.341 e. The number of benzene rings is 1. The maximum atomic E-state index is 12.1. The molecule has 0 radical (unpaired) electrons. The predicted molar refractivity (Wildman–Crippen MR) is 81.3 cm³/mol. The van der Waals surface area contributed by atoms with Crippen molar-refractivity contribution in [2.45, 2.75) is 32.4 Å². The normalized spacial score (nSPS) is 16.9. The van der Waals surface area contributed by atoms with Crippen molar-refractivity contribution in [2.24, 2.45) is 0 Å². The Hall–Kier alpha value is -0.620. The monoisotopic (exact) mass is 358 g/mol. The van der Waals surface area contributed by atoms with Crippen molar-refractivity contribution in [2.75, 3.05) is 13.1 Å². The molecule has 1 saturated heterocycles. The van der Waals surface area contributed by atoms with Crippen molar-refractivity contribution < 1.29 is 4.79 Å². The van der Waals surface area contributed by atoms with Gasteiger partial charge in [-0.15, -0.1) is 0 Å². The number of hydrogen-bond acceptors (Lipinski definition) is 2. The maximum Gasteiger partial charge on any atom is 0.239 e. The van der Waals surface area contributed by atoms with Gasteiger partial charge in [0.2, 0.25) is 5.91 Å². The van der Waals surface area contributed by atoms with Crippen molar-refractivity contribution in [1.82, 2.24) is 10.2 Å². The lowest BCUT2D eigenvalue weighted by Gasteiger charge is -2.21. The highest BCUT2D eigenvalue weighted by molar-refractivity contribution is 14.1. The summed E-state index contributed by atoms with van der Waals surface area (Å²) in [7, 11) is 0. The molecule has 0 spiro atoms. The molecule has 1 aliphatic rings. The number of halogens is 1. The summed E-state index contributed by atoms with van der Waals surface area (Å²) in [5.41, 5.74) is 1.22. The lowest BCUT2D eigenvalue weighted by molar-refractivity contribution is -0.131. The smallest absolute Gasteiger partial charge is 0.239 e. The van der Waals surface area contributed by atoms with Gasteiger partial charge < -0.3 is 10.2 Å². The van der Waals surface area contributed by atoms with E-state index in [0.29, 0.717) is 0 Å². The van der Waals surface area contributed by atoms with Gasteiger partial charge in [0.05, 0.1) is 6.04 Å². The van der Waals surface area contributed by atoms with E-state index < -0.39 is 0 Å². The van der Waals surface area contributed by atoms with Crippen LogP contribution in [-0.4, -0.2) is 29.9 Å². The molecule has 1 fully saturated rings. The molecular weight excluding hydrogens is 339 g/mol. The van der Waals surface area contributed by atoms with Gasteiger partial charge in [0.25, 0.3) is 0 Å². The van der Waals surface area contributed by atoms with E-state index in [-0.39, 0.29) is 11.9 Å². The molecule has 18 heavy (non-hydrogen) atoms. The van der Waals surface area contributed by atoms with E-state index in [4.69, 9.17) is 0 Å². The molecule has 1 atom stereocenters. The Morgan fingerprint density at radius 3 is 2.56 bits per heavy atom. The third kappa shape index (κ3) is 3.68. The van der Waals surface area contributed by atoms with E-state index in [1.807, 2.05) is 11.8 Å². The molecule has 1 heterocycles. The highest BCUT2D eigenvalue weighted by atomic mass is 127. The Kier molecular flexibility index (Phi) is 5.00. The van der Waals surface area contributed by atoms with Crippen LogP contribution in [0.2, 0.25) is 0 Å². The van der Waals surface area contributed by atoms with Crippen LogP contribution in [0.4, 0.5) is 0 Å². The highest BCUT2D eigenvalue weighted by Crippen LogP contribution is 2.10. The number of rotatable bonds is 4. The highest BCUT2D eigenvalue weighted by Gasteiger charge is 2.22. The van der Waals surface area contributed by atoms with E-state index >= 15 is 0 Å². The fourth-order valence-corrected chi connectivity index (χ4v) is 2.53. The molecular formula is C14H19IN2O. The van der Waals surface area contributed by atoms with E-state index in [0.717, 1.165) is 32.5 Å². The van der Waals surface area contributed by atoms with E-state index in [1.165, 1.54) is 9.13 Å². The number of nitrogens with one attached hydrogen (secondary N) is 1. The molecule has 3 nitrogen and oxygen atoms in total. The number of carbonyl (C=O) groups excluding carboxylic acids is 1. The zero-order valence-corrected chi connectivity index (χ0v) is 12.8. The van der Waals surface area contributed by atoms with Crippen LogP contribution in [-0.2, 0) is 11.3 Å². The number of carbonyl (C=O) groups is 1. The maximum absolute atomic E-state index is 12.1. The van der Waals surface area contributed by atoms with Crippen LogP contribution in [0.5, 0.6) is 0 Å². The molecule has 0 saturated carbocycles. The summed E-state index contributed by atoms with van der Waals surface area (Å²) in [5.74, 6) is 0.234. The fraction of sp³-hybridized carbons (Fsp3) is 0.500. The van der Waals surface area contributed by atoms with Crippen LogP contribution >= 0.6 is 22.6 Å². The second-order valence-corrected chi connectivity index (χ2v) is 6.01. The second-order valence-electron chi connectivity index (χ2n) is 4.76. The summed E-state index contributed by atoms with van der Waals surface area (Å²) in [5, 5.41) is 3.30. The van der Waals surface area contributed by atoms with Crippen molar-refractivity contribution in [1.29, 1.82) is 0 Å². The number of hydrogen-bond donors (Lipinski definition) is 1. The zero-order valence-electron chi connectivity index (χ0n) is 10.7. The molecule has 1 aromatic carbocycles.